The number of amides is 1. The summed E-state index contributed by atoms with van der Waals surface area (Å²) in [4.78, 5) is 25.1. The molecule has 184 valence electrons. The van der Waals surface area contributed by atoms with Crippen molar-refractivity contribution in [3.63, 3.8) is 0 Å². The molecule has 5 rings (SSSR count). The molecule has 2 aliphatic rings. The third kappa shape index (κ3) is 5.35. The van der Waals surface area contributed by atoms with Crippen molar-refractivity contribution in [3.8, 4) is 5.75 Å². The number of nitrogens with one attached hydrogen (secondary N) is 1. The number of hydrogen-bond donors (Lipinski definition) is 2. The van der Waals surface area contributed by atoms with Crippen LogP contribution in [0.25, 0.3) is 0 Å². The van der Waals surface area contributed by atoms with Gasteiger partial charge in [0.05, 0.1) is 0 Å². The van der Waals surface area contributed by atoms with E-state index in [-0.39, 0.29) is 6.67 Å². The molecule has 11 heteroatoms. The van der Waals surface area contributed by atoms with Crippen molar-refractivity contribution in [3.05, 3.63) is 91.8 Å². The number of thioether (sulfide) groups is 1. The van der Waals surface area contributed by atoms with Crippen molar-refractivity contribution in [1.82, 2.24) is 9.58 Å². The molecular weight excluding hydrogens is 547 g/mol. The van der Waals surface area contributed by atoms with Crippen LogP contribution in [0, 0.1) is 0 Å². The normalized spacial score (nSPS) is 15.5. The number of fused-ring (bicyclic) bond motifs is 3. The summed E-state index contributed by atoms with van der Waals surface area (Å²) in [6.07, 6.45) is -2.36. The molecule has 1 aromatic heterocycles. The first-order chi connectivity index (χ1) is 16.6. The van der Waals surface area contributed by atoms with Gasteiger partial charge in [0, 0.05) is 27.4 Å². The molecule has 6 nitrogen and oxygen atoms in total. The molecule has 0 aliphatic carbocycles. The molecule has 0 fully saturated rings. The molecule has 1 atom stereocenters. The first-order valence-corrected chi connectivity index (χ1v) is 12.4. The van der Waals surface area contributed by atoms with E-state index < -0.39 is 35.0 Å². The third-order valence-electron chi connectivity index (χ3n) is 5.79. The van der Waals surface area contributed by atoms with Crippen molar-refractivity contribution in [2.75, 3.05) is 12.1 Å². The smallest absolute Gasteiger partial charge is 0.408 e. The highest BCUT2D eigenvalue weighted by atomic mass is 79.9. The second kappa shape index (κ2) is 9.98. The molecule has 3 heterocycles. The van der Waals surface area contributed by atoms with Crippen molar-refractivity contribution >= 4 is 33.6 Å². The number of hydrogen-bond acceptors (Lipinski definition) is 5. The molecule has 2 aromatic carbocycles. The van der Waals surface area contributed by atoms with Crippen LogP contribution in [0.1, 0.15) is 34.1 Å². The number of benzene rings is 2. The monoisotopic (exact) mass is 567 g/mol. The Kier molecular flexibility index (Phi) is 7.18. The predicted octanol–water partition coefficient (Wildman–Crippen LogP) is 5.11. The van der Waals surface area contributed by atoms with E-state index in [0.29, 0.717) is 4.90 Å². The van der Waals surface area contributed by atoms with Crippen LogP contribution in [0.5, 0.6) is 5.75 Å². The number of halogens is 4. The molecule has 0 radical (unpaired) electrons. The number of rotatable bonds is 1. The van der Waals surface area contributed by atoms with Crippen molar-refractivity contribution in [2.45, 2.75) is 36.2 Å². The molecule has 0 unspecified atom stereocenters. The molecule has 0 saturated carbocycles. The van der Waals surface area contributed by atoms with Gasteiger partial charge in [-0.15, -0.1) is 11.8 Å². The summed E-state index contributed by atoms with van der Waals surface area (Å²) in [5, 5.41) is 9.51. The number of aromatic hydroxyl groups is 1. The Balaban J connectivity index is 0.000000167. The Morgan fingerprint density at radius 3 is 2.57 bits per heavy atom. The molecule has 0 bridgehead atoms. The fraction of sp³-hybridized carbons (Fsp3) is 0.250. The molecule has 2 N–H and O–H groups in total. The Bertz CT molecular complexity index is 1330. The SMILES string of the molecule is Brc1ccc2c(c1)CSc1ccccc1C2.C[C@@H](N1CNn2ccc(=O)c(O)c2C1=O)C(F)(F)F. The Morgan fingerprint density at radius 1 is 1.09 bits per heavy atom. The van der Waals surface area contributed by atoms with Gasteiger partial charge in [-0.1, -0.05) is 40.2 Å². The summed E-state index contributed by atoms with van der Waals surface area (Å²) in [5.41, 5.74) is 5.52. The molecule has 2 aliphatic heterocycles. The second-order valence-electron chi connectivity index (χ2n) is 8.04. The van der Waals surface area contributed by atoms with E-state index in [1.165, 1.54) is 32.3 Å². The Hall–Kier alpha value is -2.92. The van der Waals surface area contributed by atoms with E-state index in [1.807, 2.05) is 11.8 Å². The predicted molar refractivity (Wildman–Crippen MR) is 131 cm³/mol. The summed E-state index contributed by atoms with van der Waals surface area (Å²) >= 11 is 5.48. The van der Waals surface area contributed by atoms with E-state index in [2.05, 4.69) is 63.8 Å². The minimum absolute atomic E-state index is 0.380. The molecule has 1 amide bonds. The zero-order valence-electron chi connectivity index (χ0n) is 18.5. The first-order valence-electron chi connectivity index (χ1n) is 10.6. The third-order valence-corrected chi connectivity index (χ3v) is 7.45. The lowest BCUT2D eigenvalue weighted by molar-refractivity contribution is -0.172. The van der Waals surface area contributed by atoms with E-state index in [4.69, 9.17) is 0 Å². The summed E-state index contributed by atoms with van der Waals surface area (Å²) in [5.74, 6) is -0.857. The topological polar surface area (TPSA) is 74.6 Å². The van der Waals surface area contributed by atoms with Crippen LogP contribution in [-0.4, -0.2) is 39.5 Å². The summed E-state index contributed by atoms with van der Waals surface area (Å²) < 4.78 is 40.0. The van der Waals surface area contributed by atoms with Gasteiger partial charge < -0.3 is 15.4 Å². The van der Waals surface area contributed by atoms with E-state index in [1.54, 1.807) is 0 Å². The fourth-order valence-corrected chi connectivity index (χ4v) is 5.25. The summed E-state index contributed by atoms with van der Waals surface area (Å²) in [6.45, 7) is 0.447. The van der Waals surface area contributed by atoms with Gasteiger partial charge in [0.15, 0.2) is 11.4 Å². The van der Waals surface area contributed by atoms with Gasteiger partial charge in [-0.2, -0.15) is 13.2 Å². The van der Waals surface area contributed by atoms with Gasteiger partial charge in [-0.05, 0) is 48.2 Å². The molecule has 35 heavy (non-hydrogen) atoms. The molecular formula is C24H21BrF3N3O3S. The summed E-state index contributed by atoms with van der Waals surface area (Å²) in [7, 11) is 0. The van der Waals surface area contributed by atoms with Gasteiger partial charge in [0.1, 0.15) is 12.7 Å². The van der Waals surface area contributed by atoms with E-state index >= 15 is 0 Å². The van der Waals surface area contributed by atoms with Crippen molar-refractivity contribution < 1.29 is 23.1 Å². The highest BCUT2D eigenvalue weighted by Crippen LogP contribution is 2.34. The number of pyridine rings is 1. The maximum Gasteiger partial charge on any atom is 0.408 e. The van der Waals surface area contributed by atoms with E-state index in [0.717, 1.165) is 29.8 Å². The van der Waals surface area contributed by atoms with Crippen molar-refractivity contribution in [1.29, 1.82) is 0 Å². The number of aromatic nitrogens is 1. The summed E-state index contributed by atoms with van der Waals surface area (Å²) in [6, 6.07) is 14.3. The fourth-order valence-electron chi connectivity index (χ4n) is 3.76. The average molecular weight is 568 g/mol. The first kappa shape index (κ1) is 25.2. The van der Waals surface area contributed by atoms with Crippen LogP contribution in [0.3, 0.4) is 0 Å². The minimum atomic E-state index is -4.59. The number of alkyl halides is 3. The zero-order valence-corrected chi connectivity index (χ0v) is 20.9. The van der Waals surface area contributed by atoms with E-state index in [9.17, 15) is 27.9 Å². The number of nitrogens with zero attached hydrogens (tertiary/aromatic N) is 2. The lowest BCUT2D eigenvalue weighted by Crippen LogP contribution is -2.54. The van der Waals surface area contributed by atoms with Gasteiger partial charge >= 0.3 is 6.18 Å². The minimum Gasteiger partial charge on any atom is -0.502 e. The van der Waals surface area contributed by atoms with Gasteiger partial charge in [-0.3, -0.25) is 14.3 Å². The largest absolute Gasteiger partial charge is 0.502 e. The Labute approximate surface area is 211 Å². The van der Waals surface area contributed by atoms with Crippen LogP contribution < -0.4 is 10.9 Å². The number of carbonyl (C=O) groups excluding carboxylic acids is 1. The van der Waals surface area contributed by atoms with Gasteiger partial charge in [0.2, 0.25) is 5.43 Å². The maximum absolute atomic E-state index is 12.6. The average Bonchev–Trinajstić information content (AvgIpc) is 3.00. The quantitative estimate of drug-likeness (QED) is 0.427. The lowest BCUT2D eigenvalue weighted by Gasteiger charge is -2.35. The lowest BCUT2D eigenvalue weighted by atomic mass is 10.0. The van der Waals surface area contributed by atoms with Crippen LogP contribution in [0.4, 0.5) is 13.2 Å². The highest BCUT2D eigenvalue weighted by molar-refractivity contribution is 9.10. The zero-order chi connectivity index (χ0) is 25.3. The Morgan fingerprint density at radius 2 is 1.83 bits per heavy atom. The van der Waals surface area contributed by atoms with Gasteiger partial charge in [0.25, 0.3) is 5.91 Å². The van der Waals surface area contributed by atoms with Crippen LogP contribution >= 0.6 is 27.7 Å². The number of carbonyl (C=O) groups is 1. The second-order valence-corrected chi connectivity index (χ2v) is 9.98. The molecule has 3 aromatic rings. The highest BCUT2D eigenvalue weighted by Gasteiger charge is 2.44. The molecule has 0 spiro atoms. The van der Waals surface area contributed by atoms with Crippen LogP contribution in [0.2, 0.25) is 0 Å². The molecule has 0 saturated heterocycles. The standard InChI is InChI=1S/C14H11BrS.C10H10F3N3O3/c15-13-6-5-10-7-11-3-1-2-4-14(11)16-9-12(10)8-13;1-5(10(11,12)13)15-4-14-16-3-2-6(17)8(18)7(16)9(15)19/h1-6,8H,7,9H2;2-3,5,14,18H,4H2,1H3/t;5-/m.1/s1. The van der Waals surface area contributed by atoms with Crippen LogP contribution in [-0.2, 0) is 12.2 Å². The van der Waals surface area contributed by atoms with Crippen molar-refractivity contribution in [2.24, 2.45) is 0 Å². The maximum atomic E-state index is 12.6. The van der Waals surface area contributed by atoms with Gasteiger partial charge in [-0.25, -0.2) is 0 Å². The van der Waals surface area contributed by atoms with Crippen LogP contribution in [0.15, 0.2) is 68.9 Å².